The normalized spacial score (nSPS) is 15.8. The molecule has 0 fully saturated rings. The summed E-state index contributed by atoms with van der Waals surface area (Å²) in [5.41, 5.74) is 9.59. The van der Waals surface area contributed by atoms with E-state index >= 15 is 0 Å². The zero-order valence-corrected chi connectivity index (χ0v) is 23.1. The second kappa shape index (κ2) is 13.9. The Bertz CT molecular complexity index is 1170. The number of unbranched alkanes of at least 4 members (excludes halogenated alkanes) is 1. The van der Waals surface area contributed by atoms with E-state index in [1.807, 2.05) is 6.92 Å². The van der Waals surface area contributed by atoms with E-state index in [0.717, 1.165) is 9.87 Å². The largest absolute Gasteiger partial charge is 0.469 e. The van der Waals surface area contributed by atoms with Gasteiger partial charge in [0, 0.05) is 30.6 Å². The van der Waals surface area contributed by atoms with Gasteiger partial charge in [-0.1, -0.05) is 23.3 Å². The first-order valence-electron chi connectivity index (χ1n) is 12.0. The molecule has 1 aliphatic rings. The number of rotatable bonds is 12. The van der Waals surface area contributed by atoms with Crippen molar-refractivity contribution in [2.75, 3.05) is 26.8 Å². The van der Waals surface area contributed by atoms with Crippen LogP contribution in [0.2, 0.25) is 0 Å². The van der Waals surface area contributed by atoms with Crippen LogP contribution in [0.15, 0.2) is 35.3 Å². The van der Waals surface area contributed by atoms with Crippen LogP contribution >= 0.6 is 0 Å². The summed E-state index contributed by atoms with van der Waals surface area (Å²) < 4.78 is 47.2. The Morgan fingerprint density at radius 3 is 2.66 bits per heavy atom. The topological polar surface area (TPSA) is 169 Å². The van der Waals surface area contributed by atoms with Crippen LogP contribution in [0.1, 0.15) is 62.8 Å². The maximum Gasteiger partial charge on any atom is 0.408 e. The van der Waals surface area contributed by atoms with E-state index in [-0.39, 0.29) is 32.1 Å². The zero-order chi connectivity index (χ0) is 28.3. The van der Waals surface area contributed by atoms with Crippen molar-refractivity contribution in [3.63, 3.8) is 0 Å². The summed E-state index contributed by atoms with van der Waals surface area (Å²) in [4.78, 5) is 27.1. The molecule has 1 N–H and O–H groups in total. The van der Waals surface area contributed by atoms with Gasteiger partial charge in [-0.25, -0.2) is 4.79 Å². The molecule has 0 spiro atoms. The van der Waals surface area contributed by atoms with Crippen LogP contribution in [0.3, 0.4) is 0 Å². The van der Waals surface area contributed by atoms with Crippen LogP contribution in [0.25, 0.3) is 10.4 Å². The molecule has 210 valence electrons. The van der Waals surface area contributed by atoms with E-state index in [0.29, 0.717) is 30.5 Å². The van der Waals surface area contributed by atoms with Crippen LogP contribution in [0.5, 0.6) is 0 Å². The van der Waals surface area contributed by atoms with Gasteiger partial charge in [-0.3, -0.25) is 4.79 Å². The van der Waals surface area contributed by atoms with Crippen LogP contribution in [-0.2, 0) is 40.0 Å². The van der Waals surface area contributed by atoms with Gasteiger partial charge in [0.25, 0.3) is 5.95 Å². The summed E-state index contributed by atoms with van der Waals surface area (Å²) in [7, 11) is -2.87. The second-order valence-corrected chi connectivity index (χ2v) is 11.1. The molecule has 2 rings (SSSR count). The first-order chi connectivity index (χ1) is 17.8. The number of benzene rings is 1. The lowest BCUT2D eigenvalue weighted by Crippen LogP contribution is -2.37. The zero-order valence-electron chi connectivity index (χ0n) is 22.3. The summed E-state index contributed by atoms with van der Waals surface area (Å²) in [6.45, 7) is 7.58. The number of carbonyl (C=O) groups is 2. The van der Waals surface area contributed by atoms with Gasteiger partial charge >= 0.3 is 22.4 Å². The Kier molecular flexibility index (Phi) is 11.2. The fourth-order valence-corrected chi connectivity index (χ4v) is 4.39. The Labute approximate surface area is 222 Å². The standard InChI is InChI=1S/C24H35N5O8S/c1-17-8-9-18(20(15-21(30)34-5)27-23(31)36-24(2,3)4)14-19(17)16-29-12-10-22(37-38(29,32)33)35-13-7-6-11-26-28-25/h8-10,14,20H,6-7,11-13,15-16H2,1-5H3,(H,27,31). The maximum absolute atomic E-state index is 12.8. The van der Waals surface area contributed by atoms with E-state index in [1.54, 1.807) is 39.0 Å². The van der Waals surface area contributed by atoms with Crippen molar-refractivity contribution in [1.29, 1.82) is 0 Å². The molecule has 1 amide bonds. The minimum Gasteiger partial charge on any atom is -0.469 e. The van der Waals surface area contributed by atoms with Crippen molar-refractivity contribution in [3.8, 4) is 0 Å². The summed E-state index contributed by atoms with van der Waals surface area (Å²) in [6.07, 6.45) is 1.86. The minimum absolute atomic E-state index is 0.00463. The molecular weight excluding hydrogens is 518 g/mol. The molecule has 0 bridgehead atoms. The molecule has 1 aliphatic heterocycles. The number of nitrogens with zero attached hydrogens (tertiary/aromatic N) is 4. The SMILES string of the molecule is COC(=O)CC(NC(=O)OC(C)(C)C)c1ccc(C)c(CN2CC=C(OCCCCN=[N+]=[N-])OS2(=O)=O)c1. The predicted molar refractivity (Wildman–Crippen MR) is 138 cm³/mol. The van der Waals surface area contributed by atoms with Gasteiger partial charge in [-0.15, -0.1) is 0 Å². The number of hydrogen-bond acceptors (Lipinski definition) is 9. The van der Waals surface area contributed by atoms with Crippen molar-refractivity contribution in [1.82, 2.24) is 9.62 Å². The third-order valence-electron chi connectivity index (χ3n) is 5.34. The molecule has 1 aromatic rings. The highest BCUT2D eigenvalue weighted by molar-refractivity contribution is 7.84. The molecule has 0 radical (unpaired) electrons. The maximum atomic E-state index is 12.8. The summed E-state index contributed by atoms with van der Waals surface area (Å²) in [5.74, 6) is -0.633. The highest BCUT2D eigenvalue weighted by atomic mass is 32.2. The second-order valence-electron chi connectivity index (χ2n) is 9.53. The average molecular weight is 554 g/mol. The monoisotopic (exact) mass is 553 g/mol. The number of alkyl carbamates (subject to hydrolysis) is 1. The van der Waals surface area contributed by atoms with Gasteiger partial charge in [-0.2, -0.15) is 12.7 Å². The Morgan fingerprint density at radius 2 is 2.03 bits per heavy atom. The van der Waals surface area contributed by atoms with Crippen LogP contribution in [0.4, 0.5) is 4.79 Å². The molecule has 1 heterocycles. The van der Waals surface area contributed by atoms with E-state index in [2.05, 4.69) is 15.3 Å². The van der Waals surface area contributed by atoms with Crippen LogP contribution < -0.4 is 5.32 Å². The van der Waals surface area contributed by atoms with Gasteiger partial charge in [-0.05, 0) is 62.8 Å². The number of aryl methyl sites for hydroxylation is 1. The highest BCUT2D eigenvalue weighted by Gasteiger charge is 2.31. The van der Waals surface area contributed by atoms with Crippen LogP contribution in [0, 0.1) is 6.92 Å². The van der Waals surface area contributed by atoms with Gasteiger partial charge in [0.05, 0.1) is 26.2 Å². The molecule has 13 nitrogen and oxygen atoms in total. The Morgan fingerprint density at radius 1 is 1.29 bits per heavy atom. The number of nitrogens with one attached hydrogen (secondary N) is 1. The third kappa shape index (κ3) is 10.1. The molecular formula is C24H35N5O8S. The number of esters is 1. The van der Waals surface area contributed by atoms with E-state index < -0.39 is 34.0 Å². The molecule has 1 atom stereocenters. The Hall–Kier alpha value is -3.48. The highest BCUT2D eigenvalue weighted by Crippen LogP contribution is 2.25. The minimum atomic E-state index is -4.12. The average Bonchev–Trinajstić information content (AvgIpc) is 2.82. The predicted octanol–water partition coefficient (Wildman–Crippen LogP) is 4.15. The molecule has 14 heteroatoms. The van der Waals surface area contributed by atoms with E-state index in [1.165, 1.54) is 13.2 Å². The van der Waals surface area contributed by atoms with Crippen molar-refractivity contribution in [2.24, 2.45) is 5.11 Å². The first-order valence-corrected chi connectivity index (χ1v) is 13.4. The molecule has 1 aromatic carbocycles. The van der Waals surface area contributed by atoms with Crippen molar-refractivity contribution in [3.05, 3.63) is 57.4 Å². The quantitative estimate of drug-likeness (QED) is 0.132. The summed E-state index contributed by atoms with van der Waals surface area (Å²) in [6, 6.07) is 4.50. The summed E-state index contributed by atoms with van der Waals surface area (Å²) in [5, 5.41) is 6.12. The van der Waals surface area contributed by atoms with Crippen molar-refractivity contribution < 1.29 is 36.4 Å². The number of azide groups is 1. The lowest BCUT2D eigenvalue weighted by Gasteiger charge is -2.27. The molecule has 1 unspecified atom stereocenters. The molecule has 0 aromatic heterocycles. The fraction of sp³-hybridized carbons (Fsp3) is 0.583. The van der Waals surface area contributed by atoms with Gasteiger partial charge in [0.2, 0.25) is 0 Å². The van der Waals surface area contributed by atoms with Gasteiger partial charge in [0.15, 0.2) is 0 Å². The molecule has 0 saturated carbocycles. The number of carbonyl (C=O) groups excluding carboxylic acids is 2. The Balaban J connectivity index is 2.15. The van der Waals surface area contributed by atoms with Gasteiger partial charge < -0.3 is 23.7 Å². The molecule has 0 saturated heterocycles. The van der Waals surface area contributed by atoms with Crippen molar-refractivity contribution >= 4 is 22.4 Å². The van der Waals surface area contributed by atoms with Crippen molar-refractivity contribution in [2.45, 2.75) is 65.1 Å². The molecule has 38 heavy (non-hydrogen) atoms. The number of ether oxygens (including phenoxy) is 3. The fourth-order valence-electron chi connectivity index (χ4n) is 3.41. The smallest absolute Gasteiger partial charge is 0.408 e. The number of hydrogen-bond donors (Lipinski definition) is 1. The lowest BCUT2D eigenvalue weighted by molar-refractivity contribution is -0.141. The number of methoxy groups -OCH3 is 1. The first kappa shape index (κ1) is 30.7. The van der Waals surface area contributed by atoms with Gasteiger partial charge in [0.1, 0.15) is 5.60 Å². The summed E-state index contributed by atoms with van der Waals surface area (Å²) >= 11 is 0. The van der Waals surface area contributed by atoms with E-state index in [4.69, 9.17) is 23.9 Å². The third-order valence-corrected chi connectivity index (χ3v) is 6.62. The lowest BCUT2D eigenvalue weighted by atomic mass is 9.98. The van der Waals surface area contributed by atoms with E-state index in [9.17, 15) is 18.0 Å². The number of amides is 1. The molecule has 0 aliphatic carbocycles. The van der Waals surface area contributed by atoms with Crippen LogP contribution in [-0.4, -0.2) is 57.2 Å².